The maximum absolute atomic E-state index is 14.3. The summed E-state index contributed by atoms with van der Waals surface area (Å²) in [6, 6.07) is 14.3. The number of benzene rings is 2. The third-order valence-electron chi connectivity index (χ3n) is 5.95. The summed E-state index contributed by atoms with van der Waals surface area (Å²) in [5.74, 6) is -0.0426. The molecule has 0 aliphatic carbocycles. The molecule has 4 rings (SSSR count). The van der Waals surface area contributed by atoms with Gasteiger partial charge in [0.15, 0.2) is 0 Å². The van der Waals surface area contributed by atoms with Crippen molar-refractivity contribution in [1.29, 1.82) is 0 Å². The molecule has 1 aliphatic rings. The van der Waals surface area contributed by atoms with Crippen molar-refractivity contribution in [1.82, 2.24) is 15.1 Å². The summed E-state index contributed by atoms with van der Waals surface area (Å²) >= 11 is 1.44. The van der Waals surface area contributed by atoms with E-state index in [0.717, 1.165) is 28.1 Å². The highest BCUT2D eigenvalue weighted by molar-refractivity contribution is 8.00. The van der Waals surface area contributed by atoms with Gasteiger partial charge in [-0.05, 0) is 56.2 Å². The Hall–Kier alpha value is -3.13. The molecule has 2 heterocycles. The molecule has 0 fully saturated rings. The minimum Gasteiger partial charge on any atom is -0.352 e. The van der Waals surface area contributed by atoms with Crippen molar-refractivity contribution in [3.8, 4) is 5.69 Å². The number of carbonyl (C=O) groups is 2. The maximum atomic E-state index is 14.3. The van der Waals surface area contributed by atoms with E-state index in [9.17, 15) is 14.0 Å². The summed E-state index contributed by atoms with van der Waals surface area (Å²) < 4.78 is 16.1. The van der Waals surface area contributed by atoms with Gasteiger partial charge < -0.3 is 5.32 Å². The Morgan fingerprint density at radius 2 is 1.92 bits per heavy atom. The second-order valence-corrected chi connectivity index (χ2v) is 11.6. The molecule has 8 heteroatoms. The van der Waals surface area contributed by atoms with Crippen LogP contribution in [0, 0.1) is 12.7 Å². The zero-order valence-electron chi connectivity index (χ0n) is 21.6. The van der Waals surface area contributed by atoms with Crippen molar-refractivity contribution >= 4 is 29.4 Å². The molecule has 36 heavy (non-hydrogen) atoms. The Morgan fingerprint density at radius 3 is 2.56 bits per heavy atom. The Labute approximate surface area is 216 Å². The lowest BCUT2D eigenvalue weighted by atomic mass is 9.87. The minimum atomic E-state index is -0.370. The molecule has 0 bridgehead atoms. The molecule has 0 unspecified atom stereocenters. The molecule has 0 saturated carbocycles. The van der Waals surface area contributed by atoms with E-state index in [2.05, 4.69) is 26.1 Å². The molecular weight excluding hydrogens is 475 g/mol. The summed E-state index contributed by atoms with van der Waals surface area (Å²) in [7, 11) is 0. The molecule has 6 nitrogen and oxygen atoms in total. The van der Waals surface area contributed by atoms with Crippen LogP contribution in [-0.4, -0.2) is 39.9 Å². The number of rotatable bonds is 5. The van der Waals surface area contributed by atoms with Crippen LogP contribution in [0.2, 0.25) is 0 Å². The third kappa shape index (κ3) is 5.33. The van der Waals surface area contributed by atoms with Crippen molar-refractivity contribution in [3.05, 3.63) is 76.7 Å². The summed E-state index contributed by atoms with van der Waals surface area (Å²) in [5, 5.41) is 7.62. The standard InChI is InChI=1S/C28H33FN4O2S/c1-17(2)30-22(34)15-32-23(35)16-36-25(19-10-8-11-20(29)14-19)24-26(28(4,5)6)31-33(27(24)32)21-12-7-9-18(3)13-21/h7-14,17,25H,15-16H2,1-6H3,(H,30,34)/t25-/m0/s1. The molecular formula is C28H33FN4O2S. The lowest BCUT2D eigenvalue weighted by Gasteiger charge is -2.25. The SMILES string of the molecule is Cc1cccc(-n2nc(C(C)(C)C)c3c2N(CC(=O)NC(C)C)C(=O)CS[C@H]3c2cccc(F)c2)c1. The average Bonchev–Trinajstić information content (AvgIpc) is 3.12. The first-order valence-corrected chi connectivity index (χ1v) is 13.2. The van der Waals surface area contributed by atoms with E-state index in [0.29, 0.717) is 5.82 Å². The highest BCUT2D eigenvalue weighted by atomic mass is 32.2. The van der Waals surface area contributed by atoms with Crippen LogP contribution in [0.15, 0.2) is 48.5 Å². The van der Waals surface area contributed by atoms with E-state index in [1.807, 2.05) is 51.1 Å². The zero-order valence-corrected chi connectivity index (χ0v) is 22.4. The van der Waals surface area contributed by atoms with Gasteiger partial charge in [-0.25, -0.2) is 9.07 Å². The number of aryl methyl sites for hydroxylation is 1. The van der Waals surface area contributed by atoms with Gasteiger partial charge in [-0.2, -0.15) is 5.10 Å². The van der Waals surface area contributed by atoms with Crippen molar-refractivity contribution < 1.29 is 14.0 Å². The van der Waals surface area contributed by atoms with Gasteiger partial charge in [0.1, 0.15) is 18.2 Å². The Bertz CT molecular complexity index is 1290. The van der Waals surface area contributed by atoms with Gasteiger partial charge >= 0.3 is 0 Å². The van der Waals surface area contributed by atoms with E-state index < -0.39 is 0 Å². The number of carbonyl (C=O) groups excluding carboxylic acids is 2. The van der Waals surface area contributed by atoms with E-state index in [4.69, 9.17) is 5.10 Å². The molecule has 0 radical (unpaired) electrons. The predicted octanol–water partition coefficient (Wildman–Crippen LogP) is 5.31. The highest BCUT2D eigenvalue weighted by Crippen LogP contribution is 2.48. The number of anilines is 1. The van der Waals surface area contributed by atoms with E-state index in [1.165, 1.54) is 23.9 Å². The number of nitrogens with zero attached hydrogens (tertiary/aromatic N) is 3. The van der Waals surface area contributed by atoms with Crippen molar-refractivity contribution in [2.45, 2.75) is 58.2 Å². The summed E-state index contributed by atoms with van der Waals surface area (Å²) in [5.41, 5.74) is 3.89. The van der Waals surface area contributed by atoms with Crippen LogP contribution in [-0.2, 0) is 15.0 Å². The number of amides is 2. The van der Waals surface area contributed by atoms with Crippen LogP contribution in [0.3, 0.4) is 0 Å². The lowest BCUT2D eigenvalue weighted by molar-refractivity contribution is -0.123. The number of thioether (sulfide) groups is 1. The van der Waals surface area contributed by atoms with Gasteiger partial charge in [0.05, 0.1) is 22.4 Å². The molecule has 2 aromatic carbocycles. The normalized spacial score (nSPS) is 16.2. The van der Waals surface area contributed by atoms with Crippen LogP contribution in [0.5, 0.6) is 0 Å². The summed E-state index contributed by atoms with van der Waals surface area (Å²) in [6.45, 7) is 11.9. The maximum Gasteiger partial charge on any atom is 0.240 e. The molecule has 1 N–H and O–H groups in total. The highest BCUT2D eigenvalue weighted by Gasteiger charge is 2.40. The number of halogens is 1. The fourth-order valence-electron chi connectivity index (χ4n) is 4.46. The van der Waals surface area contributed by atoms with Crippen LogP contribution in [0.1, 0.15) is 62.3 Å². The number of nitrogens with one attached hydrogen (secondary N) is 1. The molecule has 3 aromatic rings. The topological polar surface area (TPSA) is 67.2 Å². The van der Waals surface area contributed by atoms with E-state index in [1.54, 1.807) is 15.6 Å². The van der Waals surface area contributed by atoms with Crippen LogP contribution >= 0.6 is 11.8 Å². The van der Waals surface area contributed by atoms with Crippen LogP contribution in [0.4, 0.5) is 10.2 Å². The average molecular weight is 509 g/mol. The first kappa shape index (κ1) is 25.9. The quantitative estimate of drug-likeness (QED) is 0.507. The van der Waals surface area contributed by atoms with Gasteiger partial charge in [0.25, 0.3) is 0 Å². The molecule has 1 aromatic heterocycles. The third-order valence-corrected chi connectivity index (χ3v) is 7.20. The van der Waals surface area contributed by atoms with Gasteiger partial charge in [0.2, 0.25) is 11.8 Å². The second kappa shape index (κ2) is 10.1. The van der Waals surface area contributed by atoms with Crippen LogP contribution in [0.25, 0.3) is 5.69 Å². The molecule has 1 atom stereocenters. The zero-order chi connectivity index (χ0) is 26.2. The van der Waals surface area contributed by atoms with Gasteiger partial charge in [0, 0.05) is 17.0 Å². The van der Waals surface area contributed by atoms with Crippen molar-refractivity contribution in [3.63, 3.8) is 0 Å². The molecule has 0 saturated heterocycles. The fourth-order valence-corrected chi connectivity index (χ4v) is 5.64. The molecule has 190 valence electrons. The lowest BCUT2D eigenvalue weighted by Crippen LogP contribution is -2.44. The first-order chi connectivity index (χ1) is 17.0. The minimum absolute atomic E-state index is 0.0553. The first-order valence-electron chi connectivity index (χ1n) is 12.1. The monoisotopic (exact) mass is 508 g/mol. The number of hydrogen-bond acceptors (Lipinski definition) is 4. The van der Waals surface area contributed by atoms with Crippen molar-refractivity contribution in [2.75, 3.05) is 17.2 Å². The second-order valence-electron chi connectivity index (χ2n) is 10.5. The predicted molar refractivity (Wildman–Crippen MR) is 143 cm³/mol. The fraction of sp³-hybridized carbons (Fsp3) is 0.393. The molecule has 2 amide bonds. The van der Waals surface area contributed by atoms with Gasteiger partial charge in [-0.3, -0.25) is 14.5 Å². The molecule has 1 aliphatic heterocycles. The summed E-state index contributed by atoms with van der Waals surface area (Å²) in [4.78, 5) is 28.0. The Kier molecular flexibility index (Phi) is 7.27. The van der Waals surface area contributed by atoms with Crippen LogP contribution < -0.4 is 10.2 Å². The van der Waals surface area contributed by atoms with Gasteiger partial charge in [-0.15, -0.1) is 11.8 Å². The van der Waals surface area contributed by atoms with E-state index >= 15 is 0 Å². The number of fused-ring (bicyclic) bond motifs is 1. The van der Waals surface area contributed by atoms with E-state index in [-0.39, 0.29) is 46.6 Å². The number of aromatic nitrogens is 2. The summed E-state index contributed by atoms with van der Waals surface area (Å²) in [6.07, 6.45) is 0. The van der Waals surface area contributed by atoms with Gasteiger partial charge in [-0.1, -0.05) is 45.0 Å². The largest absolute Gasteiger partial charge is 0.352 e. The van der Waals surface area contributed by atoms with Crippen molar-refractivity contribution in [2.24, 2.45) is 0 Å². The molecule has 0 spiro atoms. The Morgan fingerprint density at radius 1 is 1.19 bits per heavy atom. The Balaban J connectivity index is 2.02. The number of hydrogen-bond donors (Lipinski definition) is 1. The smallest absolute Gasteiger partial charge is 0.240 e.